The van der Waals surface area contributed by atoms with Crippen LogP contribution in [0.1, 0.15) is 32.4 Å². The second kappa shape index (κ2) is 10.5. The van der Waals surface area contributed by atoms with Gasteiger partial charge in [0.05, 0.1) is 5.88 Å². The van der Waals surface area contributed by atoms with Crippen LogP contribution >= 0.6 is 11.8 Å². The molecule has 1 unspecified atom stereocenters. The monoisotopic (exact) mass is 427 g/mol. The Hall–Kier alpha value is -2.54. The molecule has 2 aromatic rings. The predicted octanol–water partition coefficient (Wildman–Crippen LogP) is 3.99. The lowest BCUT2D eigenvalue weighted by Gasteiger charge is -2.27. The number of hydrogen-bond donors (Lipinski definition) is 0. The van der Waals surface area contributed by atoms with Crippen LogP contribution in [0.15, 0.2) is 52.6 Å². The minimum absolute atomic E-state index is 0.000179. The molecule has 2 amide bonds. The zero-order valence-electron chi connectivity index (χ0n) is 17.8. The molecule has 3 rings (SSSR count). The van der Waals surface area contributed by atoms with Gasteiger partial charge in [0, 0.05) is 43.0 Å². The Morgan fingerprint density at radius 2 is 2.10 bits per heavy atom. The molecule has 0 saturated carbocycles. The highest BCUT2D eigenvalue weighted by Gasteiger charge is 2.36. The van der Waals surface area contributed by atoms with Gasteiger partial charge in [-0.2, -0.15) is 0 Å². The van der Waals surface area contributed by atoms with Crippen molar-refractivity contribution in [1.82, 2.24) is 15.0 Å². The number of allylic oxidation sites excluding steroid dienone is 1. The van der Waals surface area contributed by atoms with E-state index in [9.17, 15) is 9.59 Å². The van der Waals surface area contributed by atoms with Crippen LogP contribution < -0.4 is 0 Å². The lowest BCUT2D eigenvalue weighted by molar-refractivity contribution is -0.140. The fourth-order valence-electron chi connectivity index (χ4n) is 3.50. The summed E-state index contributed by atoms with van der Waals surface area (Å²) in [5.74, 6) is 1.99. The van der Waals surface area contributed by atoms with Gasteiger partial charge in [0.1, 0.15) is 17.5 Å². The molecule has 1 saturated heterocycles. The summed E-state index contributed by atoms with van der Waals surface area (Å²) in [6, 6.07) is 11.5. The van der Waals surface area contributed by atoms with Crippen molar-refractivity contribution in [3.05, 3.63) is 53.8 Å². The van der Waals surface area contributed by atoms with Crippen LogP contribution in [0.2, 0.25) is 0 Å². The number of hydrogen-bond acceptors (Lipinski definition) is 5. The maximum atomic E-state index is 12.9. The van der Waals surface area contributed by atoms with E-state index in [0.717, 1.165) is 29.9 Å². The summed E-state index contributed by atoms with van der Waals surface area (Å²) in [5, 5.41) is 4.14. The van der Waals surface area contributed by atoms with Crippen LogP contribution in [0.25, 0.3) is 11.3 Å². The number of rotatable bonds is 8. The average Bonchev–Trinajstić information content (AvgIpc) is 3.43. The smallest absolute Gasteiger partial charge is 0.250 e. The second-order valence-electron chi connectivity index (χ2n) is 7.49. The highest BCUT2D eigenvalue weighted by molar-refractivity contribution is 7.99. The quantitative estimate of drug-likeness (QED) is 0.596. The molecule has 6 nitrogen and oxygen atoms in total. The van der Waals surface area contributed by atoms with Gasteiger partial charge in [0.25, 0.3) is 5.91 Å². The molecule has 30 heavy (non-hydrogen) atoms. The largest absolute Gasteiger partial charge is 0.361 e. The van der Waals surface area contributed by atoms with Gasteiger partial charge in [0.2, 0.25) is 5.91 Å². The summed E-state index contributed by atoms with van der Waals surface area (Å²) in [4.78, 5) is 29.0. The van der Waals surface area contributed by atoms with Crippen molar-refractivity contribution in [3.8, 4) is 11.3 Å². The predicted molar refractivity (Wildman–Crippen MR) is 120 cm³/mol. The number of carbonyl (C=O) groups excluding carboxylic acids is 2. The van der Waals surface area contributed by atoms with Gasteiger partial charge in [-0.1, -0.05) is 48.5 Å². The third kappa shape index (κ3) is 5.33. The van der Waals surface area contributed by atoms with E-state index in [1.54, 1.807) is 28.6 Å². The molecule has 7 heteroatoms. The third-order valence-electron chi connectivity index (χ3n) is 5.20. The minimum atomic E-state index is -0.386. The molecular formula is C23H29N3O3S. The molecule has 1 aliphatic heterocycles. The van der Waals surface area contributed by atoms with E-state index in [1.165, 1.54) is 0 Å². The lowest BCUT2D eigenvalue weighted by atomic mass is 10.1. The van der Waals surface area contributed by atoms with Crippen molar-refractivity contribution in [3.63, 3.8) is 0 Å². The summed E-state index contributed by atoms with van der Waals surface area (Å²) >= 11 is 1.63. The number of thioether (sulfide) groups is 1. The van der Waals surface area contributed by atoms with Crippen LogP contribution in [0, 0.1) is 0 Å². The molecule has 0 bridgehead atoms. The summed E-state index contributed by atoms with van der Waals surface area (Å²) in [6.07, 6.45) is 4.20. The first-order valence-electron chi connectivity index (χ1n) is 10.3. The Kier molecular flexibility index (Phi) is 7.74. The molecule has 0 spiro atoms. The Morgan fingerprint density at radius 3 is 2.83 bits per heavy atom. The molecule has 1 atom stereocenters. The van der Waals surface area contributed by atoms with Crippen LogP contribution in [0.5, 0.6) is 0 Å². The van der Waals surface area contributed by atoms with E-state index in [4.69, 9.17) is 4.52 Å². The first kappa shape index (κ1) is 22.2. The molecule has 0 N–H and O–H groups in total. The van der Waals surface area contributed by atoms with Crippen molar-refractivity contribution < 1.29 is 14.1 Å². The number of aromatic nitrogens is 1. The first-order valence-corrected chi connectivity index (χ1v) is 11.5. The molecule has 1 aliphatic rings. The van der Waals surface area contributed by atoms with Gasteiger partial charge >= 0.3 is 0 Å². The topological polar surface area (TPSA) is 66.7 Å². The second-order valence-corrected chi connectivity index (χ2v) is 8.49. The Balaban J connectivity index is 1.51. The van der Waals surface area contributed by atoms with Gasteiger partial charge in [-0.25, -0.2) is 0 Å². The summed E-state index contributed by atoms with van der Waals surface area (Å²) in [5.41, 5.74) is 2.55. The summed E-state index contributed by atoms with van der Waals surface area (Å²) in [6.45, 7) is 4.43. The van der Waals surface area contributed by atoms with Crippen LogP contribution in [0.4, 0.5) is 0 Å². The standard InChI is InChI=1S/C23H29N3O3S/c1-4-9-17(2)22(27)26-16-30-15-21(26)23(28)25(3)13-8-12-19-14-20(24-29-19)18-10-6-5-7-11-18/h5-7,9-11,14,21H,4,8,12-13,15-16H2,1-3H3/b17-9-. The molecule has 1 aromatic carbocycles. The maximum absolute atomic E-state index is 12.9. The summed E-state index contributed by atoms with van der Waals surface area (Å²) in [7, 11) is 1.80. The number of nitrogens with zero attached hydrogens (tertiary/aromatic N) is 3. The number of likely N-dealkylation sites (N-methyl/N-ethyl adjacent to an activating group) is 1. The summed E-state index contributed by atoms with van der Waals surface area (Å²) < 4.78 is 5.44. The van der Waals surface area contributed by atoms with Gasteiger partial charge in [-0.15, -0.1) is 11.8 Å². The number of amides is 2. The van der Waals surface area contributed by atoms with Gasteiger partial charge in [-0.05, 0) is 19.8 Å². The minimum Gasteiger partial charge on any atom is -0.361 e. The van der Waals surface area contributed by atoms with E-state index in [2.05, 4.69) is 5.16 Å². The van der Waals surface area contributed by atoms with E-state index in [-0.39, 0.29) is 17.9 Å². The number of carbonyl (C=O) groups is 2. The molecule has 0 aliphatic carbocycles. The molecule has 2 heterocycles. The zero-order chi connectivity index (χ0) is 21.5. The van der Waals surface area contributed by atoms with Crippen molar-refractivity contribution in [2.45, 2.75) is 39.2 Å². The van der Waals surface area contributed by atoms with Gasteiger partial charge in [-0.3, -0.25) is 9.59 Å². The Bertz CT molecular complexity index is 894. The molecular weight excluding hydrogens is 398 g/mol. The number of aryl methyl sites for hydroxylation is 1. The van der Waals surface area contributed by atoms with Gasteiger partial charge in [0.15, 0.2) is 0 Å². The lowest BCUT2D eigenvalue weighted by Crippen LogP contribution is -2.48. The van der Waals surface area contributed by atoms with E-state index < -0.39 is 0 Å². The molecule has 1 fully saturated rings. The molecule has 1 aromatic heterocycles. The van der Waals surface area contributed by atoms with E-state index >= 15 is 0 Å². The fourth-order valence-corrected chi connectivity index (χ4v) is 4.64. The van der Waals surface area contributed by atoms with Gasteiger partial charge < -0.3 is 14.3 Å². The first-order chi connectivity index (χ1) is 14.5. The highest BCUT2D eigenvalue weighted by Crippen LogP contribution is 2.24. The van der Waals surface area contributed by atoms with Crippen LogP contribution in [-0.4, -0.2) is 58.0 Å². The Labute approximate surface area is 182 Å². The molecule has 0 radical (unpaired) electrons. The highest BCUT2D eigenvalue weighted by atomic mass is 32.2. The normalized spacial score (nSPS) is 16.7. The average molecular weight is 428 g/mol. The molecule has 160 valence electrons. The van der Waals surface area contributed by atoms with Crippen molar-refractivity contribution >= 4 is 23.6 Å². The van der Waals surface area contributed by atoms with E-state index in [1.807, 2.05) is 56.3 Å². The maximum Gasteiger partial charge on any atom is 0.250 e. The fraction of sp³-hybridized carbons (Fsp3) is 0.435. The van der Waals surface area contributed by atoms with Crippen molar-refractivity contribution in [1.29, 1.82) is 0 Å². The van der Waals surface area contributed by atoms with Crippen molar-refractivity contribution in [2.75, 3.05) is 25.2 Å². The number of benzene rings is 1. The Morgan fingerprint density at radius 1 is 1.33 bits per heavy atom. The zero-order valence-corrected chi connectivity index (χ0v) is 18.7. The third-order valence-corrected chi connectivity index (χ3v) is 6.21. The van der Waals surface area contributed by atoms with Crippen molar-refractivity contribution in [2.24, 2.45) is 0 Å². The van der Waals surface area contributed by atoms with Crippen LogP contribution in [-0.2, 0) is 16.0 Å². The SMILES string of the molecule is CC/C=C(/C)C(=O)N1CSCC1C(=O)N(C)CCCc1cc(-c2ccccc2)no1. The van der Waals surface area contributed by atoms with Crippen LogP contribution in [0.3, 0.4) is 0 Å². The van der Waals surface area contributed by atoms with E-state index in [0.29, 0.717) is 30.2 Å².